The van der Waals surface area contributed by atoms with Gasteiger partial charge in [-0.1, -0.05) is 13.0 Å². The monoisotopic (exact) mass is 415 g/mol. The zero-order valence-electron chi connectivity index (χ0n) is 16.0. The van der Waals surface area contributed by atoms with Gasteiger partial charge in [-0.2, -0.15) is 5.26 Å². The Hall–Kier alpha value is -3.35. The maximum absolute atomic E-state index is 12.4. The van der Waals surface area contributed by atoms with Crippen LogP contribution in [0.1, 0.15) is 18.9 Å². The van der Waals surface area contributed by atoms with Crippen molar-refractivity contribution in [3.8, 4) is 17.6 Å². The fraction of sp³-hybridized carbons (Fsp3) is 0.200. The van der Waals surface area contributed by atoms with Crippen LogP contribution < -0.4 is 19.9 Å². The van der Waals surface area contributed by atoms with Crippen molar-refractivity contribution < 1.29 is 22.7 Å². The maximum Gasteiger partial charge on any atom is 0.266 e. The second-order valence-electron chi connectivity index (χ2n) is 5.95. The molecule has 0 radical (unpaired) electrons. The average Bonchev–Trinajstić information content (AvgIpc) is 2.70. The summed E-state index contributed by atoms with van der Waals surface area (Å²) < 4.78 is 33.4. The molecule has 0 aliphatic heterocycles. The van der Waals surface area contributed by atoms with E-state index >= 15 is 0 Å². The van der Waals surface area contributed by atoms with Crippen molar-refractivity contribution in [2.24, 2.45) is 5.14 Å². The van der Waals surface area contributed by atoms with Gasteiger partial charge in [-0.15, -0.1) is 0 Å². The molecule has 2 rings (SSSR count). The zero-order chi connectivity index (χ0) is 21.4. The van der Waals surface area contributed by atoms with Gasteiger partial charge in [-0.25, -0.2) is 13.6 Å². The molecule has 0 spiro atoms. The van der Waals surface area contributed by atoms with Gasteiger partial charge in [0.15, 0.2) is 11.5 Å². The second kappa shape index (κ2) is 9.73. The molecule has 0 atom stereocenters. The van der Waals surface area contributed by atoms with Crippen molar-refractivity contribution in [2.45, 2.75) is 18.2 Å². The number of nitrogens with two attached hydrogens (primary N) is 1. The highest BCUT2D eigenvalue weighted by atomic mass is 32.2. The number of carbonyl (C=O) groups is 1. The van der Waals surface area contributed by atoms with E-state index in [4.69, 9.17) is 14.6 Å². The molecule has 0 aromatic heterocycles. The number of nitrogens with zero attached hydrogens (tertiary/aromatic N) is 1. The van der Waals surface area contributed by atoms with E-state index in [1.54, 1.807) is 18.2 Å². The third kappa shape index (κ3) is 6.07. The summed E-state index contributed by atoms with van der Waals surface area (Å²) in [5.74, 6) is 0.426. The smallest absolute Gasteiger partial charge is 0.266 e. The van der Waals surface area contributed by atoms with Crippen molar-refractivity contribution in [3.63, 3.8) is 0 Å². The molecular formula is C20H21N3O5S. The quantitative estimate of drug-likeness (QED) is 0.503. The van der Waals surface area contributed by atoms with Crippen LogP contribution in [-0.2, 0) is 14.8 Å². The largest absolute Gasteiger partial charge is 0.493 e. The molecule has 0 aliphatic carbocycles. The number of ether oxygens (including phenoxy) is 2. The molecule has 3 N–H and O–H groups in total. The van der Waals surface area contributed by atoms with Gasteiger partial charge >= 0.3 is 0 Å². The zero-order valence-corrected chi connectivity index (χ0v) is 16.8. The predicted octanol–water partition coefficient (Wildman–Crippen LogP) is 2.68. The van der Waals surface area contributed by atoms with Crippen LogP contribution in [0.5, 0.6) is 11.5 Å². The van der Waals surface area contributed by atoms with Gasteiger partial charge in [-0.05, 0) is 54.5 Å². The van der Waals surface area contributed by atoms with E-state index in [9.17, 15) is 18.5 Å². The van der Waals surface area contributed by atoms with E-state index in [1.807, 2.05) is 13.0 Å². The van der Waals surface area contributed by atoms with Crippen LogP contribution in [0.2, 0.25) is 0 Å². The summed E-state index contributed by atoms with van der Waals surface area (Å²) in [7, 11) is -2.30. The summed E-state index contributed by atoms with van der Waals surface area (Å²) in [6.07, 6.45) is 2.24. The molecule has 0 unspecified atom stereocenters. The lowest BCUT2D eigenvalue weighted by molar-refractivity contribution is -0.112. The average molecular weight is 415 g/mol. The van der Waals surface area contributed by atoms with Crippen LogP contribution in [-0.4, -0.2) is 28.0 Å². The summed E-state index contributed by atoms with van der Waals surface area (Å²) in [4.78, 5) is 12.3. The van der Waals surface area contributed by atoms with Crippen LogP contribution >= 0.6 is 0 Å². The van der Waals surface area contributed by atoms with Crippen molar-refractivity contribution in [2.75, 3.05) is 19.0 Å². The number of carbonyl (C=O) groups excluding carboxylic acids is 1. The molecule has 0 saturated carbocycles. The molecule has 0 saturated heterocycles. The number of primary sulfonamides is 1. The van der Waals surface area contributed by atoms with Crippen molar-refractivity contribution in [1.82, 2.24) is 0 Å². The second-order valence-corrected chi connectivity index (χ2v) is 7.51. The molecule has 2 aromatic carbocycles. The summed E-state index contributed by atoms with van der Waals surface area (Å²) in [5, 5.41) is 16.9. The van der Waals surface area contributed by atoms with Gasteiger partial charge in [0.05, 0.1) is 18.6 Å². The number of sulfonamides is 1. The lowest BCUT2D eigenvalue weighted by atomic mass is 10.1. The highest BCUT2D eigenvalue weighted by Gasteiger charge is 2.12. The number of amides is 1. The molecule has 9 heteroatoms. The minimum absolute atomic E-state index is 0.0793. The maximum atomic E-state index is 12.4. The van der Waals surface area contributed by atoms with Crippen molar-refractivity contribution in [1.29, 1.82) is 5.26 Å². The Morgan fingerprint density at radius 2 is 1.90 bits per heavy atom. The summed E-state index contributed by atoms with van der Waals surface area (Å²) in [5.41, 5.74) is 0.783. The van der Waals surface area contributed by atoms with Crippen molar-refractivity contribution in [3.05, 3.63) is 53.6 Å². The van der Waals surface area contributed by atoms with Crippen LogP contribution in [0.15, 0.2) is 52.9 Å². The van der Waals surface area contributed by atoms with Crippen LogP contribution in [0.4, 0.5) is 5.69 Å². The van der Waals surface area contributed by atoms with Crippen LogP contribution in [0.3, 0.4) is 0 Å². The third-order valence-electron chi connectivity index (χ3n) is 3.77. The lowest BCUT2D eigenvalue weighted by Crippen LogP contribution is -2.14. The summed E-state index contributed by atoms with van der Waals surface area (Å²) in [6, 6.07) is 12.2. The Morgan fingerprint density at radius 1 is 1.21 bits per heavy atom. The number of anilines is 1. The number of methoxy groups -OCH3 is 1. The van der Waals surface area contributed by atoms with Crippen LogP contribution in [0.25, 0.3) is 6.08 Å². The van der Waals surface area contributed by atoms with E-state index in [0.29, 0.717) is 29.4 Å². The minimum Gasteiger partial charge on any atom is -0.493 e. The standard InChI is InChI=1S/C20H21N3O5S/c1-3-10-28-19-12-14(4-9-18(19)27-2)11-15(13-21)20(24)23-16-5-7-17(8-6-16)29(22,25)26/h4-9,11-12H,3,10H2,1-2H3,(H,23,24)(H2,22,25,26)/b15-11+. The molecule has 29 heavy (non-hydrogen) atoms. The van der Waals surface area contributed by atoms with Gasteiger partial charge in [0, 0.05) is 5.69 Å². The lowest BCUT2D eigenvalue weighted by Gasteiger charge is -2.11. The number of benzene rings is 2. The first-order valence-corrected chi connectivity index (χ1v) is 10.2. The molecule has 8 nitrogen and oxygen atoms in total. The number of nitriles is 1. The number of rotatable bonds is 8. The molecule has 0 bridgehead atoms. The number of hydrogen-bond acceptors (Lipinski definition) is 6. The predicted molar refractivity (Wildman–Crippen MR) is 109 cm³/mol. The normalized spacial score (nSPS) is 11.4. The highest BCUT2D eigenvalue weighted by Crippen LogP contribution is 2.29. The van der Waals surface area contributed by atoms with Gasteiger partial charge in [0.1, 0.15) is 11.6 Å². The Balaban J connectivity index is 2.22. The Morgan fingerprint density at radius 3 is 2.45 bits per heavy atom. The van der Waals surface area contributed by atoms with E-state index in [2.05, 4.69) is 5.32 Å². The van der Waals surface area contributed by atoms with E-state index < -0.39 is 15.9 Å². The molecule has 0 aliphatic rings. The number of nitrogens with one attached hydrogen (secondary N) is 1. The van der Waals surface area contributed by atoms with E-state index in [-0.39, 0.29) is 10.5 Å². The molecule has 0 fully saturated rings. The summed E-state index contributed by atoms with van der Waals surface area (Å²) >= 11 is 0. The molecule has 2 aromatic rings. The first-order valence-electron chi connectivity index (χ1n) is 8.65. The fourth-order valence-electron chi connectivity index (χ4n) is 2.35. The fourth-order valence-corrected chi connectivity index (χ4v) is 2.86. The Kier molecular flexibility index (Phi) is 7.36. The first-order chi connectivity index (χ1) is 13.8. The van der Waals surface area contributed by atoms with Gasteiger partial charge in [-0.3, -0.25) is 4.79 Å². The minimum atomic E-state index is -3.82. The highest BCUT2D eigenvalue weighted by molar-refractivity contribution is 7.89. The Bertz CT molecular complexity index is 1050. The van der Waals surface area contributed by atoms with Gasteiger partial charge in [0.2, 0.25) is 10.0 Å². The Labute approximate surface area is 169 Å². The van der Waals surface area contributed by atoms with Gasteiger partial charge in [0.25, 0.3) is 5.91 Å². The number of hydrogen-bond donors (Lipinski definition) is 2. The van der Waals surface area contributed by atoms with E-state index in [0.717, 1.165) is 6.42 Å². The molecule has 152 valence electrons. The van der Waals surface area contributed by atoms with Crippen LogP contribution in [0, 0.1) is 11.3 Å². The topological polar surface area (TPSA) is 132 Å². The SMILES string of the molecule is CCCOc1cc(/C=C(\C#N)C(=O)Nc2ccc(S(N)(=O)=O)cc2)ccc1OC. The van der Waals surface area contributed by atoms with Gasteiger partial charge < -0.3 is 14.8 Å². The molecule has 1 amide bonds. The summed E-state index contributed by atoms with van der Waals surface area (Å²) in [6.45, 7) is 2.48. The third-order valence-corrected chi connectivity index (χ3v) is 4.70. The van der Waals surface area contributed by atoms with Crippen molar-refractivity contribution >= 4 is 27.7 Å². The van der Waals surface area contributed by atoms with E-state index in [1.165, 1.54) is 37.5 Å². The molecular weight excluding hydrogens is 394 g/mol. The molecule has 0 heterocycles. The first kappa shape index (κ1) is 21.9.